The van der Waals surface area contributed by atoms with Crippen LogP contribution in [0.5, 0.6) is 0 Å². The van der Waals surface area contributed by atoms with Crippen LogP contribution in [-0.2, 0) is 9.53 Å². The lowest BCUT2D eigenvalue weighted by atomic mass is 10.1. The van der Waals surface area contributed by atoms with Crippen molar-refractivity contribution in [2.75, 3.05) is 12.9 Å². The van der Waals surface area contributed by atoms with Crippen molar-refractivity contribution in [2.24, 2.45) is 0 Å². The van der Waals surface area contributed by atoms with Gasteiger partial charge in [-0.15, -0.1) is 0 Å². The van der Waals surface area contributed by atoms with Crippen molar-refractivity contribution in [1.29, 1.82) is 0 Å². The van der Waals surface area contributed by atoms with Crippen LogP contribution in [0.3, 0.4) is 0 Å². The summed E-state index contributed by atoms with van der Waals surface area (Å²) in [5, 5.41) is 3.48. The molecular formula is C12H15FN2O2S. The maximum absolute atomic E-state index is 12.8. The Labute approximate surface area is 109 Å². The van der Waals surface area contributed by atoms with Gasteiger partial charge in [0.05, 0.1) is 25.0 Å². The van der Waals surface area contributed by atoms with Gasteiger partial charge in [0, 0.05) is 11.0 Å². The lowest BCUT2D eigenvalue weighted by molar-refractivity contribution is -0.142. The van der Waals surface area contributed by atoms with E-state index >= 15 is 0 Å². The van der Waals surface area contributed by atoms with Gasteiger partial charge in [-0.2, -0.15) is 11.8 Å². The molecule has 0 aromatic carbocycles. The van der Waals surface area contributed by atoms with Gasteiger partial charge in [0.25, 0.3) is 0 Å². The zero-order chi connectivity index (χ0) is 13.1. The quantitative estimate of drug-likeness (QED) is 0.826. The molecular weight excluding hydrogens is 255 g/mol. The smallest absolute Gasteiger partial charge is 0.323 e. The average Bonchev–Trinajstić information content (AvgIpc) is 2.39. The first kappa shape index (κ1) is 13.3. The van der Waals surface area contributed by atoms with Gasteiger partial charge in [0.1, 0.15) is 11.9 Å². The zero-order valence-electron chi connectivity index (χ0n) is 10.2. The monoisotopic (exact) mass is 270 g/mol. The Morgan fingerprint density at radius 1 is 1.61 bits per heavy atom. The molecule has 1 saturated heterocycles. The largest absolute Gasteiger partial charge is 0.468 e. The Kier molecular flexibility index (Phi) is 4.19. The van der Waals surface area contributed by atoms with Crippen molar-refractivity contribution in [3.05, 3.63) is 29.8 Å². The van der Waals surface area contributed by atoms with Gasteiger partial charge in [-0.25, -0.2) is 4.39 Å². The molecule has 1 aromatic rings. The first-order valence-electron chi connectivity index (χ1n) is 5.68. The van der Waals surface area contributed by atoms with Gasteiger partial charge in [-0.3, -0.25) is 15.1 Å². The van der Waals surface area contributed by atoms with Crippen molar-refractivity contribution >= 4 is 17.7 Å². The Morgan fingerprint density at radius 2 is 2.39 bits per heavy atom. The molecule has 0 aliphatic carbocycles. The van der Waals surface area contributed by atoms with E-state index in [4.69, 9.17) is 4.74 Å². The summed E-state index contributed by atoms with van der Waals surface area (Å²) in [4.78, 5) is 15.6. The minimum Gasteiger partial charge on any atom is -0.468 e. The molecule has 1 aliphatic rings. The van der Waals surface area contributed by atoms with Crippen molar-refractivity contribution in [2.45, 2.75) is 24.3 Å². The maximum atomic E-state index is 12.8. The van der Waals surface area contributed by atoms with E-state index in [2.05, 4.69) is 17.2 Å². The van der Waals surface area contributed by atoms with Crippen LogP contribution in [-0.4, -0.2) is 35.1 Å². The van der Waals surface area contributed by atoms with Gasteiger partial charge in [0.2, 0.25) is 0 Å². The highest BCUT2D eigenvalue weighted by Gasteiger charge is 2.33. The Bertz CT molecular complexity index is 427. The van der Waals surface area contributed by atoms with E-state index in [1.54, 1.807) is 17.8 Å². The second kappa shape index (κ2) is 5.67. The van der Waals surface area contributed by atoms with Gasteiger partial charge < -0.3 is 4.74 Å². The fraction of sp³-hybridized carbons (Fsp3) is 0.500. The highest BCUT2D eigenvalue weighted by molar-refractivity contribution is 8.00. The van der Waals surface area contributed by atoms with Crippen LogP contribution in [0.1, 0.15) is 18.7 Å². The molecule has 1 N–H and O–H groups in total. The van der Waals surface area contributed by atoms with Gasteiger partial charge >= 0.3 is 5.97 Å². The Morgan fingerprint density at radius 3 is 3.00 bits per heavy atom. The van der Waals surface area contributed by atoms with E-state index in [1.165, 1.54) is 19.4 Å². The Hall–Kier alpha value is -1.14. The molecule has 0 bridgehead atoms. The van der Waals surface area contributed by atoms with E-state index < -0.39 is 0 Å². The third-order valence-electron chi connectivity index (χ3n) is 2.93. The standard InChI is InChI=1S/C12H15FN2O2S/c1-7-11(9-4-3-8(13)5-14-9)15-10(6-18-7)12(16)17-2/h3-5,7,10-11,15H,6H2,1-2H3. The van der Waals surface area contributed by atoms with Gasteiger partial charge in [-0.05, 0) is 12.1 Å². The fourth-order valence-electron chi connectivity index (χ4n) is 1.92. The maximum Gasteiger partial charge on any atom is 0.323 e. The van der Waals surface area contributed by atoms with Crippen molar-refractivity contribution in [3.63, 3.8) is 0 Å². The van der Waals surface area contributed by atoms with E-state index in [1.807, 2.05) is 0 Å². The number of thioether (sulfide) groups is 1. The SMILES string of the molecule is COC(=O)C1CSC(C)C(c2ccc(F)cn2)N1. The van der Waals surface area contributed by atoms with E-state index in [-0.39, 0.29) is 29.1 Å². The van der Waals surface area contributed by atoms with Gasteiger partial charge in [-0.1, -0.05) is 6.92 Å². The summed E-state index contributed by atoms with van der Waals surface area (Å²) in [6.45, 7) is 2.06. The molecule has 18 heavy (non-hydrogen) atoms. The molecule has 6 heteroatoms. The summed E-state index contributed by atoms with van der Waals surface area (Å²) in [6, 6.07) is 2.61. The van der Waals surface area contributed by atoms with Crippen LogP contribution in [0, 0.1) is 5.82 Å². The normalized spacial score (nSPS) is 27.8. The van der Waals surface area contributed by atoms with Crippen LogP contribution >= 0.6 is 11.8 Å². The zero-order valence-corrected chi connectivity index (χ0v) is 11.0. The first-order chi connectivity index (χ1) is 8.61. The summed E-state index contributed by atoms with van der Waals surface area (Å²) in [7, 11) is 1.37. The van der Waals surface area contributed by atoms with Gasteiger partial charge in [0.15, 0.2) is 0 Å². The molecule has 1 aromatic heterocycles. The molecule has 2 heterocycles. The number of ether oxygens (including phenoxy) is 1. The molecule has 3 atom stereocenters. The molecule has 0 spiro atoms. The number of methoxy groups -OCH3 is 1. The summed E-state index contributed by atoms with van der Waals surface area (Å²) in [6.07, 6.45) is 1.19. The number of nitrogens with one attached hydrogen (secondary N) is 1. The van der Waals surface area contributed by atoms with Crippen molar-refractivity contribution < 1.29 is 13.9 Å². The van der Waals surface area contributed by atoms with Crippen LogP contribution in [0.4, 0.5) is 4.39 Å². The number of halogens is 1. The van der Waals surface area contributed by atoms with Crippen LogP contribution in [0.15, 0.2) is 18.3 Å². The molecule has 0 radical (unpaired) electrons. The molecule has 4 nitrogen and oxygen atoms in total. The molecule has 2 rings (SSSR count). The first-order valence-corrected chi connectivity index (χ1v) is 6.73. The number of aromatic nitrogens is 1. The number of rotatable bonds is 2. The number of carbonyl (C=O) groups excluding carboxylic acids is 1. The third kappa shape index (κ3) is 2.81. The number of esters is 1. The highest BCUT2D eigenvalue weighted by Crippen LogP contribution is 2.30. The topological polar surface area (TPSA) is 51.2 Å². The molecule has 1 aliphatic heterocycles. The molecule has 1 fully saturated rings. The summed E-state index contributed by atoms with van der Waals surface area (Å²) in [5.41, 5.74) is 0.741. The van der Waals surface area contributed by atoms with Crippen molar-refractivity contribution in [3.8, 4) is 0 Å². The number of hydrogen-bond acceptors (Lipinski definition) is 5. The minimum atomic E-state index is -0.362. The lowest BCUT2D eigenvalue weighted by Gasteiger charge is -2.33. The second-order valence-electron chi connectivity index (χ2n) is 4.16. The summed E-state index contributed by atoms with van der Waals surface area (Å²) >= 11 is 1.68. The van der Waals surface area contributed by atoms with Crippen LogP contribution in [0.2, 0.25) is 0 Å². The molecule has 0 saturated carbocycles. The summed E-state index contributed by atoms with van der Waals surface area (Å²) in [5.74, 6) is 0.0341. The second-order valence-corrected chi connectivity index (χ2v) is 5.57. The average molecular weight is 270 g/mol. The van der Waals surface area contributed by atoms with E-state index in [9.17, 15) is 9.18 Å². The predicted molar refractivity (Wildman–Crippen MR) is 67.8 cm³/mol. The number of pyridine rings is 1. The Balaban J connectivity index is 2.14. The van der Waals surface area contributed by atoms with Crippen LogP contribution in [0.25, 0.3) is 0 Å². The number of nitrogens with zero attached hydrogens (tertiary/aromatic N) is 1. The van der Waals surface area contributed by atoms with E-state index in [0.717, 1.165) is 5.69 Å². The van der Waals surface area contributed by atoms with E-state index in [0.29, 0.717) is 5.75 Å². The predicted octanol–water partition coefficient (Wildman–Crippen LogP) is 1.53. The fourth-order valence-corrected chi connectivity index (χ4v) is 3.06. The third-order valence-corrected chi connectivity index (χ3v) is 4.25. The molecule has 98 valence electrons. The molecule has 0 amide bonds. The lowest BCUT2D eigenvalue weighted by Crippen LogP contribution is -2.48. The number of carbonyl (C=O) groups is 1. The van der Waals surface area contributed by atoms with Crippen LogP contribution < -0.4 is 5.32 Å². The number of hydrogen-bond donors (Lipinski definition) is 1. The minimum absolute atomic E-state index is 0.0755. The van der Waals surface area contributed by atoms with Crippen molar-refractivity contribution in [1.82, 2.24) is 10.3 Å². The molecule has 3 unspecified atom stereocenters. The highest BCUT2D eigenvalue weighted by atomic mass is 32.2. The summed E-state index contributed by atoms with van der Waals surface area (Å²) < 4.78 is 17.6.